The summed E-state index contributed by atoms with van der Waals surface area (Å²) < 4.78 is 60.5. The van der Waals surface area contributed by atoms with E-state index in [1.807, 2.05) is 62.0 Å². The van der Waals surface area contributed by atoms with Gasteiger partial charge in [0.15, 0.2) is 12.6 Å². The SMILES string of the molecule is CC[C@H]1OC(=O)[C@H](C)[C@@H](O[C@H]2C[C@@](C)(OC)[C@@H](O)[C@H](C)O2)[C@H](C)[C@@H](O[C@@H]2O[C@H](C)C[C@H](N(C)CCc3cn([C@H](CF)[C@H](OC)c4ccc(-c5cn[nH]c5)cc4)nn3)[C@H]2O)[C@](C)(O)CC(C)CN(C)[C@H](C)[C@@H](O)[C@]1(C)O. The van der Waals surface area contributed by atoms with Crippen LogP contribution in [0.1, 0.15) is 118 Å². The van der Waals surface area contributed by atoms with Crippen molar-refractivity contribution in [3.05, 3.63) is 54.1 Å². The van der Waals surface area contributed by atoms with Crippen LogP contribution in [0.25, 0.3) is 11.1 Å². The van der Waals surface area contributed by atoms with E-state index in [0.29, 0.717) is 31.6 Å². The number of hydrogen-bond acceptors (Lipinski definition) is 18. The Bertz CT molecular complexity index is 2220. The molecule has 75 heavy (non-hydrogen) atoms. The van der Waals surface area contributed by atoms with E-state index in [1.165, 1.54) is 25.8 Å². The fraction of sp³-hybridized carbons (Fsp3) is 0.778. The maximum absolute atomic E-state index is 14.9. The number of alkyl halides is 1. The second kappa shape index (κ2) is 25.5. The summed E-state index contributed by atoms with van der Waals surface area (Å²) in [5, 5.41) is 75.4. The molecule has 6 N–H and O–H groups in total. The van der Waals surface area contributed by atoms with Crippen molar-refractivity contribution in [3.63, 3.8) is 0 Å². The van der Waals surface area contributed by atoms with Crippen LogP contribution in [0.15, 0.2) is 42.9 Å². The summed E-state index contributed by atoms with van der Waals surface area (Å²) in [4.78, 5) is 18.4. The van der Waals surface area contributed by atoms with Crippen LogP contribution >= 0.6 is 0 Å². The number of rotatable bonds is 16. The van der Waals surface area contributed by atoms with Gasteiger partial charge < -0.3 is 68.5 Å². The lowest BCUT2D eigenvalue weighted by molar-refractivity contribution is -0.318. The van der Waals surface area contributed by atoms with Gasteiger partial charge in [0.2, 0.25) is 0 Å². The number of methoxy groups -OCH3 is 2. The first-order valence-corrected chi connectivity index (χ1v) is 26.7. The predicted octanol–water partition coefficient (Wildman–Crippen LogP) is 4.39. The van der Waals surface area contributed by atoms with Crippen LogP contribution in [0.3, 0.4) is 0 Å². The van der Waals surface area contributed by atoms with Crippen LogP contribution in [0.4, 0.5) is 4.39 Å². The Hall–Kier alpha value is -3.55. The van der Waals surface area contributed by atoms with Crippen molar-refractivity contribution < 1.29 is 67.9 Å². The molecule has 1 unspecified atom stereocenters. The minimum atomic E-state index is -1.85. The van der Waals surface area contributed by atoms with Crippen molar-refractivity contribution in [1.82, 2.24) is 35.0 Å². The third kappa shape index (κ3) is 13.8. The second-order valence-electron chi connectivity index (χ2n) is 22.6. The number of aliphatic hydroxyl groups is 5. The number of carbonyl (C=O) groups excluding carboxylic acids is 1. The number of nitrogens with zero attached hydrogens (tertiary/aromatic N) is 6. The van der Waals surface area contributed by atoms with Crippen LogP contribution in [-0.2, 0) is 44.4 Å². The lowest BCUT2D eigenvalue weighted by Crippen LogP contribution is -2.61. The van der Waals surface area contributed by atoms with Gasteiger partial charge in [-0.3, -0.25) is 9.89 Å². The van der Waals surface area contributed by atoms with E-state index in [4.69, 9.17) is 33.2 Å². The molecule has 0 saturated carbocycles. The van der Waals surface area contributed by atoms with Crippen LogP contribution in [0.5, 0.6) is 0 Å². The van der Waals surface area contributed by atoms with Gasteiger partial charge in [-0.25, -0.2) is 9.07 Å². The number of likely N-dealkylation sites (N-methyl/N-ethyl adjacent to an activating group) is 2. The number of benzene rings is 1. The Morgan fingerprint density at radius 3 is 2.28 bits per heavy atom. The van der Waals surface area contributed by atoms with Crippen molar-refractivity contribution in [3.8, 4) is 11.1 Å². The van der Waals surface area contributed by atoms with Crippen LogP contribution in [0, 0.1) is 17.8 Å². The summed E-state index contributed by atoms with van der Waals surface area (Å²) in [6.45, 7) is 17.5. The molecule has 3 aromatic rings. The quantitative estimate of drug-likeness (QED) is 0.109. The highest BCUT2D eigenvalue weighted by molar-refractivity contribution is 5.73. The Morgan fingerprint density at radius 2 is 1.67 bits per heavy atom. The second-order valence-corrected chi connectivity index (χ2v) is 22.6. The van der Waals surface area contributed by atoms with Crippen LogP contribution in [0.2, 0.25) is 0 Å². The van der Waals surface area contributed by atoms with Gasteiger partial charge >= 0.3 is 5.97 Å². The zero-order valence-electron chi connectivity index (χ0n) is 46.6. The van der Waals surface area contributed by atoms with E-state index in [1.54, 1.807) is 67.1 Å². The van der Waals surface area contributed by atoms with E-state index in [2.05, 4.69) is 20.5 Å². The zero-order valence-corrected chi connectivity index (χ0v) is 46.6. The van der Waals surface area contributed by atoms with Crippen LogP contribution in [-0.4, -0.2) is 205 Å². The average molecular weight is 1060 g/mol. The molecule has 6 rings (SSSR count). The van der Waals surface area contributed by atoms with Gasteiger partial charge in [0.1, 0.15) is 48.8 Å². The van der Waals surface area contributed by atoms with Gasteiger partial charge in [0.05, 0.1) is 53.4 Å². The van der Waals surface area contributed by atoms with Crippen molar-refractivity contribution in [2.24, 2.45) is 17.8 Å². The molecule has 2 aromatic heterocycles. The number of nitrogens with one attached hydrogen (secondary N) is 1. The van der Waals surface area contributed by atoms with Gasteiger partial charge in [0, 0.05) is 76.1 Å². The number of halogens is 1. The maximum Gasteiger partial charge on any atom is 0.311 e. The molecule has 3 aliphatic heterocycles. The highest BCUT2D eigenvalue weighted by Gasteiger charge is 2.53. The van der Waals surface area contributed by atoms with Gasteiger partial charge in [-0.2, -0.15) is 5.10 Å². The molecule has 3 saturated heterocycles. The first kappa shape index (κ1) is 60.7. The number of aromatic amines is 1. The lowest BCUT2D eigenvalue weighted by Gasteiger charge is -2.49. The summed E-state index contributed by atoms with van der Waals surface area (Å²) >= 11 is 0. The zero-order chi connectivity index (χ0) is 55.3. The van der Waals surface area contributed by atoms with Gasteiger partial charge in [-0.1, -0.05) is 50.3 Å². The number of aliphatic hydroxyl groups excluding tert-OH is 3. The largest absolute Gasteiger partial charge is 0.459 e. The van der Waals surface area contributed by atoms with E-state index >= 15 is 0 Å². The molecule has 0 amide bonds. The van der Waals surface area contributed by atoms with Gasteiger partial charge in [0.25, 0.3) is 0 Å². The van der Waals surface area contributed by atoms with E-state index in [-0.39, 0.29) is 25.2 Å². The number of cyclic esters (lactones) is 1. The highest BCUT2D eigenvalue weighted by atomic mass is 19.1. The molecule has 3 aliphatic rings. The molecule has 1 aromatic carbocycles. The highest BCUT2D eigenvalue weighted by Crippen LogP contribution is 2.41. The summed E-state index contributed by atoms with van der Waals surface area (Å²) in [7, 11) is 6.75. The smallest absolute Gasteiger partial charge is 0.311 e. The molecule has 0 bridgehead atoms. The maximum atomic E-state index is 14.9. The number of H-pyrrole nitrogens is 1. The third-order valence-corrected chi connectivity index (χ3v) is 16.6. The molecule has 0 aliphatic carbocycles. The lowest BCUT2D eigenvalue weighted by atomic mass is 9.77. The molecule has 0 radical (unpaired) electrons. The molecule has 20 atom stereocenters. The number of aromatic nitrogens is 5. The Morgan fingerprint density at radius 1 is 0.973 bits per heavy atom. The topological polar surface area (TPSA) is 249 Å². The number of esters is 1. The molecule has 5 heterocycles. The number of hydrogen-bond donors (Lipinski definition) is 6. The first-order valence-electron chi connectivity index (χ1n) is 26.7. The fourth-order valence-corrected chi connectivity index (χ4v) is 11.8. The van der Waals surface area contributed by atoms with Crippen molar-refractivity contribution in [1.29, 1.82) is 0 Å². The molecule has 21 heteroatoms. The van der Waals surface area contributed by atoms with E-state index < -0.39 is 127 Å². The monoisotopic (exact) mass is 1060 g/mol. The summed E-state index contributed by atoms with van der Waals surface area (Å²) in [6, 6.07) is 5.79. The fourth-order valence-electron chi connectivity index (χ4n) is 11.8. The van der Waals surface area contributed by atoms with Crippen molar-refractivity contribution >= 4 is 5.97 Å². The Labute approximate surface area is 442 Å². The standard InChI is InChI=1S/C54H88FN7O13/c1-15-42-54(10,68)47(64)34(6)61(12)28-30(2)23-52(8,67)49(32(4)45(33(5)50(66)73-42)74-43-24-53(9,70-14)48(65)35(7)72-43)75-51-44(63)40(22-31(3)71-51)60(11)21-20-39-29-62(59-58-39)41(25-55)46(69-13)37-18-16-36(17-19-37)38-26-56-57-27-38/h16-19,26-27,29-35,40-49,51,63-65,67-68H,15,20-25,28H2,1-14H3,(H,56,57)/t30?,31-,32+,33-,34-,35+,40+,41-,42-,43+,44-,45+,46-,47-,48+,49-,51+,52-,53-,54-/m1/s1. The number of ether oxygens (including phenoxy) is 7. The predicted molar refractivity (Wildman–Crippen MR) is 276 cm³/mol. The van der Waals surface area contributed by atoms with Crippen molar-refractivity contribution in [2.75, 3.05) is 48.1 Å². The van der Waals surface area contributed by atoms with Crippen LogP contribution < -0.4 is 0 Å². The molecular weight excluding hydrogens is 974 g/mol. The minimum Gasteiger partial charge on any atom is -0.459 e. The molecule has 20 nitrogen and oxygen atoms in total. The summed E-state index contributed by atoms with van der Waals surface area (Å²) in [5.74, 6) is -2.88. The van der Waals surface area contributed by atoms with Crippen molar-refractivity contribution in [2.45, 2.75) is 204 Å². The molecule has 424 valence electrons. The average Bonchev–Trinajstić information content (AvgIpc) is 4.09. The Kier molecular flexibility index (Phi) is 20.6. The van der Waals surface area contributed by atoms with Gasteiger partial charge in [-0.05, 0) is 98.9 Å². The van der Waals surface area contributed by atoms with E-state index in [0.717, 1.165) is 16.7 Å². The summed E-state index contributed by atoms with van der Waals surface area (Å²) in [5.41, 5.74) is -1.33. The summed E-state index contributed by atoms with van der Waals surface area (Å²) in [6.07, 6.45) is -4.46. The first-order chi connectivity index (χ1) is 35.3. The normalized spacial score (nSPS) is 38.9. The molecule has 3 fully saturated rings. The minimum absolute atomic E-state index is 0.0837. The Balaban J connectivity index is 1.26. The molecule has 0 spiro atoms. The third-order valence-electron chi connectivity index (χ3n) is 16.6. The number of carbonyl (C=O) groups is 1. The van der Waals surface area contributed by atoms with Gasteiger partial charge in [-0.15, -0.1) is 5.10 Å². The molecular formula is C54H88FN7O13. The van der Waals surface area contributed by atoms with E-state index in [9.17, 15) is 34.7 Å².